The quantitative estimate of drug-likeness (QED) is 0.834. The minimum atomic E-state index is -0.154. The lowest BCUT2D eigenvalue weighted by atomic mass is 10.2. The molecule has 0 spiro atoms. The first-order valence-corrected chi connectivity index (χ1v) is 7.71. The Morgan fingerprint density at radius 3 is 3.11 bits per heavy atom. The average molecular weight is 287 g/mol. The maximum absolute atomic E-state index is 11.9. The molecular formula is C11H17N3O2S2. The number of amides is 1. The number of rotatable bonds is 5. The Bertz CT molecular complexity index is 405. The number of carbonyl (C=O) groups excluding carboxylic acids is 1. The zero-order chi connectivity index (χ0) is 13.0. The van der Waals surface area contributed by atoms with Crippen LogP contribution in [0.4, 0.5) is 0 Å². The standard InChI is InChI=1S/C11H17N3O2S2/c1-7(17-11-14-13-8(2)18-11)10(15)12-6-9-4-3-5-16-9/h7,9H,3-6H2,1-2H3,(H,12,15)/t7-,9-/m1/s1. The van der Waals surface area contributed by atoms with E-state index >= 15 is 0 Å². The number of thioether (sulfide) groups is 1. The molecule has 1 aromatic heterocycles. The second-order valence-electron chi connectivity index (χ2n) is 4.23. The second-order valence-corrected chi connectivity index (χ2v) is 7.00. The van der Waals surface area contributed by atoms with Gasteiger partial charge >= 0.3 is 0 Å². The molecule has 0 aliphatic carbocycles. The molecule has 100 valence electrons. The third kappa shape index (κ3) is 3.93. The molecule has 7 heteroatoms. The smallest absolute Gasteiger partial charge is 0.233 e. The molecule has 2 atom stereocenters. The molecule has 0 saturated carbocycles. The van der Waals surface area contributed by atoms with Gasteiger partial charge in [0.1, 0.15) is 5.01 Å². The Hall–Kier alpha value is -0.660. The first kappa shape index (κ1) is 13.8. The monoisotopic (exact) mass is 287 g/mol. The van der Waals surface area contributed by atoms with Gasteiger partial charge in [0.2, 0.25) is 5.91 Å². The van der Waals surface area contributed by atoms with Crippen LogP contribution in [0.25, 0.3) is 0 Å². The summed E-state index contributed by atoms with van der Waals surface area (Å²) < 4.78 is 6.30. The molecular weight excluding hydrogens is 270 g/mol. The molecule has 5 nitrogen and oxygen atoms in total. The highest BCUT2D eigenvalue weighted by atomic mass is 32.2. The van der Waals surface area contributed by atoms with Crippen LogP contribution in [0.2, 0.25) is 0 Å². The molecule has 1 aromatic rings. The summed E-state index contributed by atoms with van der Waals surface area (Å²) in [6.07, 6.45) is 2.32. The minimum Gasteiger partial charge on any atom is -0.376 e. The number of aryl methyl sites for hydroxylation is 1. The van der Waals surface area contributed by atoms with Crippen LogP contribution in [0, 0.1) is 6.92 Å². The topological polar surface area (TPSA) is 64.1 Å². The number of aromatic nitrogens is 2. The predicted molar refractivity (Wildman–Crippen MR) is 71.9 cm³/mol. The van der Waals surface area contributed by atoms with Crippen LogP contribution in [0.15, 0.2) is 4.34 Å². The van der Waals surface area contributed by atoms with E-state index in [0.717, 1.165) is 28.8 Å². The van der Waals surface area contributed by atoms with Gasteiger partial charge in [-0.3, -0.25) is 4.79 Å². The average Bonchev–Trinajstić information content (AvgIpc) is 2.97. The van der Waals surface area contributed by atoms with Crippen LogP contribution < -0.4 is 5.32 Å². The summed E-state index contributed by atoms with van der Waals surface area (Å²) in [6.45, 7) is 5.21. The molecule has 0 aromatic carbocycles. The van der Waals surface area contributed by atoms with Gasteiger partial charge in [0.15, 0.2) is 4.34 Å². The first-order chi connectivity index (χ1) is 8.65. The van der Waals surface area contributed by atoms with E-state index in [2.05, 4.69) is 15.5 Å². The molecule has 2 rings (SSSR count). The van der Waals surface area contributed by atoms with E-state index in [0.29, 0.717) is 6.54 Å². The van der Waals surface area contributed by atoms with Gasteiger partial charge in [-0.2, -0.15) is 0 Å². The van der Waals surface area contributed by atoms with Crippen molar-refractivity contribution in [3.8, 4) is 0 Å². The van der Waals surface area contributed by atoms with Crippen LogP contribution in [0.1, 0.15) is 24.8 Å². The highest BCUT2D eigenvalue weighted by molar-refractivity contribution is 8.02. The van der Waals surface area contributed by atoms with Crippen molar-refractivity contribution in [3.05, 3.63) is 5.01 Å². The Labute approximate surface area is 115 Å². The lowest BCUT2D eigenvalue weighted by Gasteiger charge is -2.13. The van der Waals surface area contributed by atoms with Gasteiger partial charge in [0, 0.05) is 13.2 Å². The van der Waals surface area contributed by atoms with Crippen LogP contribution in [-0.2, 0) is 9.53 Å². The number of nitrogens with zero attached hydrogens (tertiary/aromatic N) is 2. The van der Waals surface area contributed by atoms with Gasteiger partial charge < -0.3 is 10.1 Å². The molecule has 1 saturated heterocycles. The van der Waals surface area contributed by atoms with Crippen molar-refractivity contribution in [3.63, 3.8) is 0 Å². The number of nitrogens with one attached hydrogen (secondary N) is 1. The van der Waals surface area contributed by atoms with Gasteiger partial charge in [0.05, 0.1) is 11.4 Å². The Morgan fingerprint density at radius 1 is 1.67 bits per heavy atom. The summed E-state index contributed by atoms with van der Waals surface area (Å²) in [6, 6.07) is 0. The van der Waals surface area contributed by atoms with Crippen LogP contribution in [-0.4, -0.2) is 40.6 Å². The summed E-state index contributed by atoms with van der Waals surface area (Å²) in [5.41, 5.74) is 0. The maximum atomic E-state index is 11.9. The van der Waals surface area contributed by atoms with Crippen molar-refractivity contribution in [2.45, 2.75) is 42.4 Å². The summed E-state index contributed by atoms with van der Waals surface area (Å²) in [7, 11) is 0. The molecule has 0 bridgehead atoms. The second kappa shape index (κ2) is 6.49. The van der Waals surface area contributed by atoms with E-state index < -0.39 is 0 Å². The van der Waals surface area contributed by atoms with Crippen molar-refractivity contribution < 1.29 is 9.53 Å². The highest BCUT2D eigenvalue weighted by Gasteiger charge is 2.20. The van der Waals surface area contributed by atoms with Crippen LogP contribution >= 0.6 is 23.1 Å². The SMILES string of the molecule is Cc1nnc(S[C@H](C)C(=O)NC[C@H]2CCCO2)s1. The molecule has 1 N–H and O–H groups in total. The van der Waals surface area contributed by atoms with Gasteiger partial charge in [-0.05, 0) is 26.7 Å². The predicted octanol–water partition coefficient (Wildman–Crippen LogP) is 1.62. The molecule has 1 aliphatic rings. The number of hydrogen-bond donors (Lipinski definition) is 1. The van der Waals surface area contributed by atoms with E-state index in [1.165, 1.54) is 23.1 Å². The Kier molecular flexibility index (Phi) is 4.96. The van der Waals surface area contributed by atoms with Crippen molar-refractivity contribution in [1.82, 2.24) is 15.5 Å². The van der Waals surface area contributed by atoms with E-state index in [4.69, 9.17) is 4.74 Å². The fourth-order valence-electron chi connectivity index (χ4n) is 1.69. The summed E-state index contributed by atoms with van der Waals surface area (Å²) in [5, 5.41) is 11.6. The molecule has 1 aliphatic heterocycles. The molecule has 1 amide bonds. The van der Waals surface area contributed by atoms with Crippen molar-refractivity contribution in [2.24, 2.45) is 0 Å². The number of ether oxygens (including phenoxy) is 1. The van der Waals surface area contributed by atoms with Gasteiger partial charge in [-0.15, -0.1) is 10.2 Å². The third-order valence-corrected chi connectivity index (χ3v) is 4.71. The van der Waals surface area contributed by atoms with E-state index in [-0.39, 0.29) is 17.3 Å². The lowest BCUT2D eigenvalue weighted by Crippen LogP contribution is -2.36. The number of hydrogen-bond acceptors (Lipinski definition) is 6. The van der Waals surface area contributed by atoms with Crippen LogP contribution in [0.3, 0.4) is 0 Å². The minimum absolute atomic E-state index is 0.0309. The largest absolute Gasteiger partial charge is 0.376 e. The Balaban J connectivity index is 1.74. The van der Waals surface area contributed by atoms with E-state index in [9.17, 15) is 4.79 Å². The van der Waals surface area contributed by atoms with Gasteiger partial charge in [-0.1, -0.05) is 23.1 Å². The molecule has 0 radical (unpaired) electrons. The Morgan fingerprint density at radius 2 is 2.50 bits per heavy atom. The summed E-state index contributed by atoms with van der Waals surface area (Å²) >= 11 is 2.96. The fourth-order valence-corrected chi connectivity index (χ4v) is 3.68. The maximum Gasteiger partial charge on any atom is 0.233 e. The van der Waals surface area contributed by atoms with Gasteiger partial charge in [-0.25, -0.2) is 0 Å². The third-order valence-electron chi connectivity index (χ3n) is 2.68. The highest BCUT2D eigenvalue weighted by Crippen LogP contribution is 2.26. The first-order valence-electron chi connectivity index (χ1n) is 6.01. The molecule has 0 unspecified atom stereocenters. The molecule has 2 heterocycles. The van der Waals surface area contributed by atoms with Crippen molar-refractivity contribution >= 4 is 29.0 Å². The number of carbonyl (C=O) groups is 1. The van der Waals surface area contributed by atoms with Crippen molar-refractivity contribution in [2.75, 3.05) is 13.2 Å². The van der Waals surface area contributed by atoms with Crippen molar-refractivity contribution in [1.29, 1.82) is 0 Å². The molecule has 18 heavy (non-hydrogen) atoms. The van der Waals surface area contributed by atoms with Crippen LogP contribution in [0.5, 0.6) is 0 Å². The van der Waals surface area contributed by atoms with E-state index in [1.54, 1.807) is 0 Å². The van der Waals surface area contributed by atoms with Gasteiger partial charge in [0.25, 0.3) is 0 Å². The van der Waals surface area contributed by atoms with E-state index in [1.807, 2.05) is 13.8 Å². The molecule has 1 fully saturated rings. The fraction of sp³-hybridized carbons (Fsp3) is 0.727. The summed E-state index contributed by atoms with van der Waals surface area (Å²) in [4.78, 5) is 11.9. The summed E-state index contributed by atoms with van der Waals surface area (Å²) in [5.74, 6) is 0.0309. The zero-order valence-corrected chi connectivity index (χ0v) is 12.1. The normalized spacial score (nSPS) is 20.9. The lowest BCUT2D eigenvalue weighted by molar-refractivity contribution is -0.120. The zero-order valence-electron chi connectivity index (χ0n) is 10.5.